The van der Waals surface area contributed by atoms with E-state index in [9.17, 15) is 0 Å². The van der Waals surface area contributed by atoms with Crippen LogP contribution in [0, 0.1) is 0 Å². The molecule has 1 aromatic heterocycles. The summed E-state index contributed by atoms with van der Waals surface area (Å²) in [4.78, 5) is 10.7. The average Bonchev–Trinajstić information content (AvgIpc) is 2.40. The molecular formula is C12H11Cl2N3O. The minimum absolute atomic E-state index is 0.220. The van der Waals surface area contributed by atoms with Gasteiger partial charge >= 0.3 is 0 Å². The van der Waals surface area contributed by atoms with Gasteiger partial charge in [0.25, 0.3) is 0 Å². The number of hydrogen-bond donors (Lipinski definition) is 0. The predicted molar refractivity (Wildman–Crippen MR) is 72.6 cm³/mol. The molecule has 1 aromatic carbocycles. The van der Waals surface area contributed by atoms with Crippen LogP contribution in [-0.4, -0.2) is 36.3 Å². The number of ether oxygens (including phenoxy) is 1. The van der Waals surface area contributed by atoms with Crippen LogP contribution in [0.25, 0.3) is 10.9 Å². The molecule has 6 heteroatoms. The van der Waals surface area contributed by atoms with E-state index in [0.717, 1.165) is 24.3 Å². The van der Waals surface area contributed by atoms with Crippen LogP contribution < -0.4 is 4.90 Å². The average molecular weight is 284 g/mol. The van der Waals surface area contributed by atoms with Crippen LogP contribution in [0.15, 0.2) is 18.2 Å². The Hall–Kier alpha value is -1.10. The van der Waals surface area contributed by atoms with Crippen LogP contribution in [0.4, 0.5) is 5.82 Å². The Labute approximate surface area is 114 Å². The van der Waals surface area contributed by atoms with E-state index in [1.54, 1.807) is 6.07 Å². The zero-order valence-corrected chi connectivity index (χ0v) is 11.1. The second-order valence-corrected chi connectivity index (χ2v) is 4.80. The zero-order chi connectivity index (χ0) is 12.5. The van der Waals surface area contributed by atoms with Crippen LogP contribution in [0.3, 0.4) is 0 Å². The lowest BCUT2D eigenvalue weighted by atomic mass is 10.2. The summed E-state index contributed by atoms with van der Waals surface area (Å²) in [6, 6.07) is 5.66. The SMILES string of the molecule is Clc1nc(N2CCOCC2)c2cccc(Cl)c2n1. The van der Waals surface area contributed by atoms with Gasteiger partial charge in [0, 0.05) is 18.5 Å². The molecule has 0 atom stereocenters. The molecule has 1 aliphatic heterocycles. The monoisotopic (exact) mass is 283 g/mol. The van der Waals surface area contributed by atoms with E-state index >= 15 is 0 Å². The van der Waals surface area contributed by atoms with Gasteiger partial charge in [-0.3, -0.25) is 0 Å². The molecule has 0 spiro atoms. The standard InChI is InChI=1S/C12H11Cl2N3O/c13-9-3-1-2-8-10(9)15-12(14)16-11(8)17-4-6-18-7-5-17/h1-3H,4-7H2. The molecule has 0 bridgehead atoms. The summed E-state index contributed by atoms with van der Waals surface area (Å²) in [6.45, 7) is 3.00. The van der Waals surface area contributed by atoms with Gasteiger partial charge in [0.05, 0.1) is 23.8 Å². The third kappa shape index (κ3) is 2.11. The lowest BCUT2D eigenvalue weighted by molar-refractivity contribution is 0.122. The summed E-state index contributed by atoms with van der Waals surface area (Å²) < 4.78 is 5.34. The van der Waals surface area contributed by atoms with Crippen molar-refractivity contribution in [3.63, 3.8) is 0 Å². The molecule has 0 amide bonds. The van der Waals surface area contributed by atoms with Gasteiger partial charge in [-0.2, -0.15) is 4.98 Å². The highest BCUT2D eigenvalue weighted by atomic mass is 35.5. The molecule has 0 aliphatic carbocycles. The van der Waals surface area contributed by atoms with Crippen LogP contribution in [0.1, 0.15) is 0 Å². The van der Waals surface area contributed by atoms with Crippen molar-refractivity contribution in [2.75, 3.05) is 31.2 Å². The van der Waals surface area contributed by atoms with Crippen molar-refractivity contribution in [2.24, 2.45) is 0 Å². The van der Waals surface area contributed by atoms with Crippen LogP contribution >= 0.6 is 23.2 Å². The number of benzene rings is 1. The van der Waals surface area contributed by atoms with Crippen LogP contribution in [0.5, 0.6) is 0 Å². The van der Waals surface area contributed by atoms with Crippen LogP contribution in [-0.2, 0) is 4.74 Å². The number of anilines is 1. The Bertz CT molecular complexity index is 585. The summed E-state index contributed by atoms with van der Waals surface area (Å²) in [5.74, 6) is 0.829. The molecule has 3 rings (SSSR count). The number of halogens is 2. The number of rotatable bonds is 1. The minimum atomic E-state index is 0.220. The fourth-order valence-corrected chi connectivity index (χ4v) is 2.47. The molecule has 18 heavy (non-hydrogen) atoms. The maximum Gasteiger partial charge on any atom is 0.224 e. The summed E-state index contributed by atoms with van der Waals surface area (Å²) in [5, 5.41) is 1.73. The molecule has 0 unspecified atom stereocenters. The fourth-order valence-electron chi connectivity index (χ4n) is 2.09. The highest BCUT2D eigenvalue weighted by Gasteiger charge is 2.17. The Balaban J connectivity index is 2.18. The molecule has 0 radical (unpaired) electrons. The first-order chi connectivity index (χ1) is 8.75. The first-order valence-corrected chi connectivity index (χ1v) is 6.46. The third-order valence-electron chi connectivity index (χ3n) is 2.94. The second-order valence-electron chi connectivity index (χ2n) is 4.05. The topological polar surface area (TPSA) is 38.2 Å². The largest absolute Gasteiger partial charge is 0.378 e. The number of morpholine rings is 1. The fraction of sp³-hybridized carbons (Fsp3) is 0.333. The van der Waals surface area contributed by atoms with E-state index in [0.29, 0.717) is 23.8 Å². The summed E-state index contributed by atoms with van der Waals surface area (Å²) in [5.41, 5.74) is 0.695. The summed E-state index contributed by atoms with van der Waals surface area (Å²) in [7, 11) is 0. The van der Waals surface area contributed by atoms with Crippen molar-refractivity contribution in [1.29, 1.82) is 0 Å². The normalized spacial score (nSPS) is 16.2. The van der Waals surface area contributed by atoms with Crippen molar-refractivity contribution in [1.82, 2.24) is 9.97 Å². The van der Waals surface area contributed by atoms with E-state index < -0.39 is 0 Å². The van der Waals surface area contributed by atoms with E-state index in [2.05, 4.69) is 14.9 Å². The zero-order valence-electron chi connectivity index (χ0n) is 9.57. The molecule has 0 saturated carbocycles. The number of aromatic nitrogens is 2. The Morgan fingerprint density at radius 1 is 1.11 bits per heavy atom. The van der Waals surface area contributed by atoms with E-state index in [1.807, 2.05) is 12.1 Å². The third-order valence-corrected chi connectivity index (χ3v) is 3.41. The van der Waals surface area contributed by atoms with Crippen molar-refractivity contribution >= 4 is 39.9 Å². The highest BCUT2D eigenvalue weighted by molar-refractivity contribution is 6.36. The molecule has 2 aromatic rings. The highest BCUT2D eigenvalue weighted by Crippen LogP contribution is 2.30. The lowest BCUT2D eigenvalue weighted by Gasteiger charge is -2.28. The maximum atomic E-state index is 6.15. The van der Waals surface area contributed by atoms with Gasteiger partial charge in [-0.05, 0) is 23.7 Å². The van der Waals surface area contributed by atoms with Gasteiger partial charge in [0.2, 0.25) is 5.28 Å². The first-order valence-electron chi connectivity index (χ1n) is 5.70. The molecule has 1 aliphatic rings. The van der Waals surface area contributed by atoms with E-state index in [4.69, 9.17) is 27.9 Å². The number of hydrogen-bond acceptors (Lipinski definition) is 4. The lowest BCUT2D eigenvalue weighted by Crippen LogP contribution is -2.37. The molecular weight excluding hydrogens is 273 g/mol. The summed E-state index contributed by atoms with van der Waals surface area (Å²) in [6.07, 6.45) is 0. The molecule has 1 saturated heterocycles. The smallest absolute Gasteiger partial charge is 0.224 e. The predicted octanol–water partition coefficient (Wildman–Crippen LogP) is 2.77. The van der Waals surface area contributed by atoms with Gasteiger partial charge < -0.3 is 9.64 Å². The van der Waals surface area contributed by atoms with Crippen molar-refractivity contribution in [3.05, 3.63) is 28.5 Å². The molecule has 4 nitrogen and oxygen atoms in total. The Kier molecular flexibility index (Phi) is 3.24. The van der Waals surface area contributed by atoms with Gasteiger partial charge in [-0.1, -0.05) is 17.7 Å². The van der Waals surface area contributed by atoms with Gasteiger partial charge in [0.15, 0.2) is 0 Å². The first kappa shape index (κ1) is 12.0. The van der Waals surface area contributed by atoms with Crippen LogP contribution in [0.2, 0.25) is 10.3 Å². The van der Waals surface area contributed by atoms with Gasteiger partial charge in [-0.25, -0.2) is 4.98 Å². The molecule has 1 fully saturated rings. The van der Waals surface area contributed by atoms with Crippen molar-refractivity contribution < 1.29 is 4.74 Å². The van der Waals surface area contributed by atoms with Crippen molar-refractivity contribution in [3.8, 4) is 0 Å². The van der Waals surface area contributed by atoms with E-state index in [1.165, 1.54) is 0 Å². The Morgan fingerprint density at radius 3 is 2.67 bits per heavy atom. The number of para-hydroxylation sites is 1. The maximum absolute atomic E-state index is 6.15. The molecule has 2 heterocycles. The number of fused-ring (bicyclic) bond motifs is 1. The second kappa shape index (κ2) is 4.88. The van der Waals surface area contributed by atoms with Crippen molar-refractivity contribution in [2.45, 2.75) is 0 Å². The van der Waals surface area contributed by atoms with Gasteiger partial charge in [-0.15, -0.1) is 0 Å². The minimum Gasteiger partial charge on any atom is -0.378 e. The number of nitrogens with zero attached hydrogens (tertiary/aromatic N) is 3. The van der Waals surface area contributed by atoms with E-state index in [-0.39, 0.29) is 5.28 Å². The van der Waals surface area contributed by atoms with Gasteiger partial charge in [0.1, 0.15) is 5.82 Å². The quantitative estimate of drug-likeness (QED) is 0.755. The summed E-state index contributed by atoms with van der Waals surface area (Å²) >= 11 is 12.1. The molecule has 0 N–H and O–H groups in total. The Morgan fingerprint density at radius 2 is 1.89 bits per heavy atom. The molecule has 94 valence electrons.